The predicted octanol–water partition coefficient (Wildman–Crippen LogP) is 7.64. The molecule has 5 aromatic rings. The molecule has 11 nitrogen and oxygen atoms in total. The number of hydrogen-bond acceptors (Lipinski definition) is 7. The number of methoxy groups -OCH3 is 1. The second kappa shape index (κ2) is 15.6. The third-order valence-corrected chi connectivity index (χ3v) is 10.5. The molecule has 2 atom stereocenters. The Kier molecular flexibility index (Phi) is 10.7. The van der Waals surface area contributed by atoms with Crippen molar-refractivity contribution in [3.8, 4) is 17.0 Å². The number of carbonyl (C=O) groups is 3. The number of halogens is 1. The molecule has 0 saturated heterocycles. The van der Waals surface area contributed by atoms with Crippen molar-refractivity contribution in [2.45, 2.75) is 71.2 Å². The van der Waals surface area contributed by atoms with Gasteiger partial charge in [-0.2, -0.15) is 0 Å². The Morgan fingerprint density at radius 3 is 2.44 bits per heavy atom. The zero-order valence-electron chi connectivity index (χ0n) is 31.7. The Labute approximate surface area is 326 Å². The predicted molar refractivity (Wildman–Crippen MR) is 211 cm³/mol. The fraction of sp³-hybridized carbons (Fsp3) is 0.326. The van der Waals surface area contributed by atoms with Gasteiger partial charge in [0.05, 0.1) is 31.6 Å². The van der Waals surface area contributed by atoms with Gasteiger partial charge in [0.25, 0.3) is 0 Å². The number of benzene rings is 4. The van der Waals surface area contributed by atoms with Crippen LogP contribution in [0.2, 0.25) is 5.02 Å². The number of aryl methyl sites for hydroxylation is 2. The molecule has 2 unspecified atom stereocenters. The van der Waals surface area contributed by atoms with Crippen LogP contribution in [0.1, 0.15) is 72.7 Å². The largest absolute Gasteiger partial charge is 0.497 e. The Morgan fingerprint density at radius 1 is 0.927 bits per heavy atom. The molecule has 284 valence electrons. The highest BCUT2D eigenvalue weighted by molar-refractivity contribution is 6.31. The average molecular weight is 761 g/mol. The zero-order valence-corrected chi connectivity index (χ0v) is 32.5. The molecule has 0 bridgehead atoms. The molecule has 0 spiro atoms. The van der Waals surface area contributed by atoms with Crippen molar-refractivity contribution < 1.29 is 23.9 Å². The fourth-order valence-corrected chi connectivity index (χ4v) is 7.76. The Bertz CT molecular complexity index is 2250. The van der Waals surface area contributed by atoms with Crippen LogP contribution in [0.4, 0.5) is 10.5 Å². The molecule has 0 aliphatic carbocycles. The second-order valence-electron chi connectivity index (χ2n) is 14.9. The van der Waals surface area contributed by atoms with E-state index in [4.69, 9.17) is 21.1 Å². The van der Waals surface area contributed by atoms with Crippen LogP contribution in [0, 0.1) is 6.92 Å². The van der Waals surface area contributed by atoms with Gasteiger partial charge in [-0.3, -0.25) is 19.2 Å². The molecule has 7 rings (SSSR count). The average Bonchev–Trinajstić information content (AvgIpc) is 3.83. The smallest absolute Gasteiger partial charge is 0.414 e. The Morgan fingerprint density at radius 2 is 1.67 bits per heavy atom. The van der Waals surface area contributed by atoms with Gasteiger partial charge in [-0.15, -0.1) is 5.10 Å². The number of fused-ring (bicyclic) bond motifs is 2. The molecule has 0 fully saturated rings. The third-order valence-electron chi connectivity index (χ3n) is 10.1. The third kappa shape index (κ3) is 7.93. The van der Waals surface area contributed by atoms with Crippen molar-refractivity contribution in [2.75, 3.05) is 25.1 Å². The highest BCUT2D eigenvalue weighted by Gasteiger charge is 2.37. The minimum absolute atomic E-state index is 0.0945. The van der Waals surface area contributed by atoms with Crippen molar-refractivity contribution >= 4 is 35.2 Å². The molecule has 55 heavy (non-hydrogen) atoms. The van der Waals surface area contributed by atoms with E-state index < -0.39 is 23.8 Å². The summed E-state index contributed by atoms with van der Waals surface area (Å²) in [7, 11) is 1.62. The lowest BCUT2D eigenvalue weighted by Crippen LogP contribution is -2.48. The van der Waals surface area contributed by atoms with Crippen LogP contribution in [-0.2, 0) is 33.7 Å². The summed E-state index contributed by atoms with van der Waals surface area (Å²) >= 11 is 6.74. The van der Waals surface area contributed by atoms with E-state index >= 15 is 0 Å². The van der Waals surface area contributed by atoms with E-state index in [1.54, 1.807) is 33.9 Å². The van der Waals surface area contributed by atoms with Gasteiger partial charge in [0.15, 0.2) is 0 Å². The summed E-state index contributed by atoms with van der Waals surface area (Å²) in [4.78, 5) is 45.2. The lowest BCUT2D eigenvalue weighted by Gasteiger charge is -2.37. The van der Waals surface area contributed by atoms with E-state index in [9.17, 15) is 14.4 Å². The molecule has 2 aliphatic heterocycles. The summed E-state index contributed by atoms with van der Waals surface area (Å²) < 4.78 is 12.8. The number of rotatable bonds is 9. The summed E-state index contributed by atoms with van der Waals surface area (Å²) in [5.74, 6) is 0.216. The van der Waals surface area contributed by atoms with Crippen LogP contribution < -0.4 is 15.0 Å². The number of amides is 3. The molecule has 3 amide bonds. The van der Waals surface area contributed by atoms with Crippen LogP contribution in [0.15, 0.2) is 91.1 Å². The van der Waals surface area contributed by atoms with Crippen LogP contribution >= 0.6 is 11.6 Å². The molecular formula is C43H45ClN6O5. The van der Waals surface area contributed by atoms with Gasteiger partial charge in [-0.25, -0.2) is 4.79 Å². The van der Waals surface area contributed by atoms with Gasteiger partial charge in [0, 0.05) is 30.1 Å². The van der Waals surface area contributed by atoms with E-state index in [1.807, 2.05) is 107 Å². The molecule has 4 aromatic carbocycles. The number of carbonyl (C=O) groups excluding carboxylic acids is 3. The van der Waals surface area contributed by atoms with E-state index in [0.29, 0.717) is 42.4 Å². The molecule has 0 radical (unpaired) electrons. The first-order valence-electron chi connectivity index (χ1n) is 18.5. The molecule has 12 heteroatoms. The molecule has 3 heterocycles. The number of anilines is 1. The summed E-state index contributed by atoms with van der Waals surface area (Å²) in [5, 5.41) is 12.6. The van der Waals surface area contributed by atoms with Gasteiger partial charge in [0.1, 0.15) is 23.1 Å². The number of hydrogen-bond donors (Lipinski definition) is 1. The second-order valence-corrected chi connectivity index (χ2v) is 15.3. The quantitative estimate of drug-likeness (QED) is 0.164. The van der Waals surface area contributed by atoms with Crippen molar-refractivity contribution in [1.29, 1.82) is 0 Å². The van der Waals surface area contributed by atoms with E-state index in [-0.39, 0.29) is 24.8 Å². The summed E-state index contributed by atoms with van der Waals surface area (Å²) in [6, 6.07) is 25.4. The number of nitrogens with one attached hydrogen (secondary N) is 1. The van der Waals surface area contributed by atoms with E-state index in [1.165, 1.54) is 0 Å². The molecular weight excluding hydrogens is 716 g/mol. The number of aromatic nitrogens is 3. The van der Waals surface area contributed by atoms with Crippen LogP contribution in [0.25, 0.3) is 11.3 Å². The summed E-state index contributed by atoms with van der Waals surface area (Å²) in [5.41, 5.74) is 6.86. The maximum absolute atomic E-state index is 14.6. The van der Waals surface area contributed by atoms with Crippen LogP contribution in [0.3, 0.4) is 0 Å². The summed E-state index contributed by atoms with van der Waals surface area (Å²) in [6.07, 6.45) is 2.80. The molecule has 1 aromatic heterocycles. The zero-order chi connectivity index (χ0) is 38.9. The first-order chi connectivity index (χ1) is 26.4. The minimum Gasteiger partial charge on any atom is -0.497 e. The molecule has 2 aliphatic rings. The van der Waals surface area contributed by atoms with Crippen LogP contribution in [-0.4, -0.2) is 63.6 Å². The lowest BCUT2D eigenvalue weighted by atomic mass is 9.90. The first-order valence-corrected chi connectivity index (χ1v) is 18.9. The Hall–Kier alpha value is -5.68. The maximum Gasteiger partial charge on any atom is 0.414 e. The van der Waals surface area contributed by atoms with Gasteiger partial charge in [-0.1, -0.05) is 83.5 Å². The standard InChI is InChI=1S/C43H45ClN6O5/c1-27-25-30(54-5)17-18-31(27)38(33-14-8-9-16-35(33)44)45-41(52)40-32-13-7-6-11-28(32)19-23-49(40)37(51)21-22-48-26-36(46-47-48)34-15-10-12-29-20-24-50(39(29)34)42(53)55-43(2,3)4/h6-18,25-26,38,40H,19-24H2,1-5H3,(H,45,52). The van der Waals surface area contributed by atoms with Crippen LogP contribution in [0.5, 0.6) is 5.75 Å². The fourth-order valence-electron chi connectivity index (χ4n) is 7.52. The number of para-hydroxylation sites is 1. The lowest BCUT2D eigenvalue weighted by molar-refractivity contribution is -0.141. The van der Waals surface area contributed by atoms with Gasteiger partial charge >= 0.3 is 6.09 Å². The first kappa shape index (κ1) is 37.6. The topological polar surface area (TPSA) is 119 Å². The normalized spacial score (nSPS) is 15.6. The van der Waals surface area contributed by atoms with Gasteiger partial charge < -0.3 is 19.7 Å². The SMILES string of the molecule is COc1ccc(C(NC(=O)C2c3ccccc3CCN2C(=O)CCn2cc(-c3cccc4c3N(C(=O)OC(C)(C)C)CC4)nn2)c2ccccc2Cl)c(C)c1. The number of ether oxygens (including phenoxy) is 2. The monoisotopic (exact) mass is 760 g/mol. The minimum atomic E-state index is -0.863. The maximum atomic E-state index is 14.6. The van der Waals surface area contributed by atoms with Crippen molar-refractivity contribution in [2.24, 2.45) is 0 Å². The molecule has 0 saturated carbocycles. The van der Waals surface area contributed by atoms with Crippen molar-refractivity contribution in [3.63, 3.8) is 0 Å². The summed E-state index contributed by atoms with van der Waals surface area (Å²) in [6.45, 7) is 8.64. The van der Waals surface area contributed by atoms with E-state index in [0.717, 1.165) is 44.6 Å². The highest BCUT2D eigenvalue weighted by Crippen LogP contribution is 2.39. The van der Waals surface area contributed by atoms with Gasteiger partial charge in [-0.05, 0) is 92.1 Å². The Balaban J connectivity index is 1.12. The highest BCUT2D eigenvalue weighted by atomic mass is 35.5. The molecule has 1 N–H and O–H groups in total. The van der Waals surface area contributed by atoms with Crippen molar-refractivity contribution in [1.82, 2.24) is 25.2 Å². The van der Waals surface area contributed by atoms with Crippen molar-refractivity contribution in [3.05, 3.63) is 130 Å². The number of nitrogens with zero attached hydrogens (tertiary/aromatic N) is 5. The van der Waals surface area contributed by atoms with Gasteiger partial charge in [0.2, 0.25) is 11.8 Å². The van der Waals surface area contributed by atoms with E-state index in [2.05, 4.69) is 15.6 Å².